The lowest BCUT2D eigenvalue weighted by Crippen LogP contribution is -2.48. The van der Waals surface area contributed by atoms with Crippen LogP contribution in [0, 0.1) is 12.7 Å². The number of amides is 2. The number of carbonyl (C=O) groups is 2. The Morgan fingerprint density at radius 1 is 1.06 bits per heavy atom. The van der Waals surface area contributed by atoms with Crippen LogP contribution in [0.15, 0.2) is 71.3 Å². The minimum atomic E-state index is -1.14. The Kier molecular flexibility index (Phi) is 6.89. The van der Waals surface area contributed by atoms with E-state index >= 15 is 4.39 Å². The van der Waals surface area contributed by atoms with Crippen molar-refractivity contribution in [3.05, 3.63) is 89.8 Å². The number of aromatic nitrogens is 1. The lowest BCUT2D eigenvalue weighted by atomic mass is 9.95. The van der Waals surface area contributed by atoms with Gasteiger partial charge in [-0.2, -0.15) is 0 Å². The number of hydrogen-bond acceptors (Lipinski definition) is 3. The molecule has 6 nitrogen and oxygen atoms in total. The average Bonchev–Trinajstić information content (AvgIpc) is 3.49. The Labute approximate surface area is 209 Å². The molecule has 4 aromatic rings. The number of para-hydroxylation sites is 2. The van der Waals surface area contributed by atoms with Gasteiger partial charge in [-0.05, 0) is 55.7 Å². The Morgan fingerprint density at radius 3 is 2.56 bits per heavy atom. The Balaban J connectivity index is 1.55. The summed E-state index contributed by atoms with van der Waals surface area (Å²) in [6, 6.07) is 16.1. The van der Waals surface area contributed by atoms with Crippen molar-refractivity contribution in [1.29, 1.82) is 0 Å². The highest BCUT2D eigenvalue weighted by molar-refractivity contribution is 6.03. The van der Waals surface area contributed by atoms with Gasteiger partial charge in [0, 0.05) is 23.1 Å². The Bertz CT molecular complexity index is 1370. The van der Waals surface area contributed by atoms with E-state index in [-0.39, 0.29) is 24.1 Å². The third-order valence-corrected chi connectivity index (χ3v) is 6.89. The second-order valence-electron chi connectivity index (χ2n) is 9.45. The van der Waals surface area contributed by atoms with Gasteiger partial charge in [0.15, 0.2) is 6.04 Å². The van der Waals surface area contributed by atoms with Gasteiger partial charge in [0.25, 0.3) is 5.91 Å². The van der Waals surface area contributed by atoms with Gasteiger partial charge in [0.05, 0.1) is 12.1 Å². The normalized spacial score (nSPS) is 15.1. The second-order valence-corrected chi connectivity index (χ2v) is 9.45. The van der Waals surface area contributed by atoms with Crippen LogP contribution in [0.1, 0.15) is 55.2 Å². The molecule has 0 bridgehead atoms. The first-order valence-electron chi connectivity index (χ1n) is 12.5. The van der Waals surface area contributed by atoms with Crippen LogP contribution in [0.3, 0.4) is 0 Å². The molecule has 2 amide bonds. The van der Waals surface area contributed by atoms with Crippen molar-refractivity contribution in [2.75, 3.05) is 4.90 Å². The third-order valence-electron chi connectivity index (χ3n) is 6.89. The summed E-state index contributed by atoms with van der Waals surface area (Å²) in [6.45, 7) is 1.78. The molecule has 7 heteroatoms. The minimum Gasteiger partial charge on any atom is -0.464 e. The number of nitrogens with one attached hydrogen (secondary N) is 2. The number of H-pyrrole nitrogens is 1. The molecule has 2 heterocycles. The molecule has 186 valence electrons. The summed E-state index contributed by atoms with van der Waals surface area (Å²) >= 11 is 0. The highest BCUT2D eigenvalue weighted by Gasteiger charge is 2.37. The molecule has 1 fully saturated rings. The summed E-state index contributed by atoms with van der Waals surface area (Å²) in [5.74, 6) is -0.438. The average molecular weight is 488 g/mol. The number of hydrogen-bond donors (Lipinski definition) is 2. The molecular formula is C29H30FN3O3. The van der Waals surface area contributed by atoms with E-state index in [0.717, 1.165) is 48.6 Å². The molecule has 0 aliphatic heterocycles. The van der Waals surface area contributed by atoms with Gasteiger partial charge < -0.3 is 14.7 Å². The number of rotatable bonds is 7. The quantitative estimate of drug-likeness (QED) is 0.337. The number of fused-ring (bicyclic) bond motifs is 1. The molecule has 1 aliphatic carbocycles. The van der Waals surface area contributed by atoms with Crippen LogP contribution in [0.5, 0.6) is 0 Å². The summed E-state index contributed by atoms with van der Waals surface area (Å²) in [5, 5.41) is 4.03. The van der Waals surface area contributed by atoms with E-state index in [9.17, 15) is 9.59 Å². The highest BCUT2D eigenvalue weighted by atomic mass is 19.1. The van der Waals surface area contributed by atoms with Crippen molar-refractivity contribution in [3.63, 3.8) is 0 Å². The van der Waals surface area contributed by atoms with Crippen LogP contribution in [-0.4, -0.2) is 22.8 Å². The molecule has 1 aliphatic rings. The number of benzene rings is 2. The van der Waals surface area contributed by atoms with E-state index in [2.05, 4.69) is 10.3 Å². The predicted octanol–water partition coefficient (Wildman–Crippen LogP) is 5.97. The first-order valence-corrected chi connectivity index (χ1v) is 12.5. The fraction of sp³-hybridized carbons (Fsp3) is 0.310. The molecule has 0 radical (unpaired) electrons. The van der Waals surface area contributed by atoms with Crippen LogP contribution in [0.2, 0.25) is 0 Å². The number of aryl methyl sites for hydroxylation is 1. The second kappa shape index (κ2) is 10.4. The smallest absolute Gasteiger partial charge is 0.251 e. The van der Waals surface area contributed by atoms with Crippen molar-refractivity contribution in [2.45, 2.75) is 57.5 Å². The van der Waals surface area contributed by atoms with Crippen molar-refractivity contribution in [2.24, 2.45) is 0 Å². The topological polar surface area (TPSA) is 78.3 Å². The zero-order valence-corrected chi connectivity index (χ0v) is 20.3. The molecule has 2 N–H and O–H groups in total. The summed E-state index contributed by atoms with van der Waals surface area (Å²) in [6.07, 6.45) is 6.80. The van der Waals surface area contributed by atoms with E-state index in [0.29, 0.717) is 11.5 Å². The molecular weight excluding hydrogens is 457 g/mol. The van der Waals surface area contributed by atoms with Gasteiger partial charge in [-0.15, -0.1) is 0 Å². The van der Waals surface area contributed by atoms with Crippen molar-refractivity contribution >= 4 is 28.4 Å². The SMILES string of the molecule is Cc1ccc(C(C(=O)NC2CCCCC2)N(C(=O)Cc2c[nH]c3ccccc23)c2ccccc2F)o1. The van der Waals surface area contributed by atoms with E-state index in [1.54, 1.807) is 37.4 Å². The minimum absolute atomic E-state index is 0.00868. The molecule has 2 aromatic carbocycles. The zero-order valence-electron chi connectivity index (χ0n) is 20.3. The lowest BCUT2D eigenvalue weighted by Gasteiger charge is -2.32. The summed E-state index contributed by atoms with van der Waals surface area (Å²) in [5.41, 5.74) is 1.73. The number of carbonyl (C=O) groups excluding carboxylic acids is 2. The third kappa shape index (κ3) is 4.91. The van der Waals surface area contributed by atoms with Gasteiger partial charge in [-0.1, -0.05) is 49.6 Å². The van der Waals surface area contributed by atoms with Gasteiger partial charge in [-0.3, -0.25) is 14.5 Å². The summed E-state index contributed by atoms with van der Waals surface area (Å²) in [4.78, 5) is 32.2. The Hall–Kier alpha value is -3.87. The lowest BCUT2D eigenvalue weighted by molar-refractivity contribution is -0.127. The van der Waals surface area contributed by atoms with E-state index in [4.69, 9.17) is 4.42 Å². The summed E-state index contributed by atoms with van der Waals surface area (Å²) in [7, 11) is 0. The number of anilines is 1. The number of furan rings is 1. The summed E-state index contributed by atoms with van der Waals surface area (Å²) < 4.78 is 21.0. The standard InChI is InChI=1S/C29H30FN3O3/c1-19-15-16-26(36-19)28(29(35)32-21-9-3-2-4-10-21)33(25-14-8-6-12-23(25)30)27(34)17-20-18-31-24-13-7-5-11-22(20)24/h5-8,11-16,18,21,28,31H,2-4,9-10,17H2,1H3,(H,32,35). The molecule has 1 saturated carbocycles. The first-order chi connectivity index (χ1) is 17.5. The number of aromatic amines is 1. The molecule has 5 rings (SSSR count). The molecule has 0 spiro atoms. The highest BCUT2D eigenvalue weighted by Crippen LogP contribution is 2.33. The van der Waals surface area contributed by atoms with E-state index in [1.165, 1.54) is 17.0 Å². The molecule has 1 unspecified atom stereocenters. The van der Waals surface area contributed by atoms with Gasteiger partial charge in [0.2, 0.25) is 5.91 Å². The number of nitrogens with zero attached hydrogens (tertiary/aromatic N) is 1. The van der Waals surface area contributed by atoms with Crippen LogP contribution in [0.25, 0.3) is 10.9 Å². The van der Waals surface area contributed by atoms with Crippen LogP contribution in [-0.2, 0) is 16.0 Å². The fourth-order valence-corrected chi connectivity index (χ4v) is 5.09. The van der Waals surface area contributed by atoms with E-state index < -0.39 is 17.8 Å². The predicted molar refractivity (Wildman–Crippen MR) is 137 cm³/mol. The van der Waals surface area contributed by atoms with Gasteiger partial charge >= 0.3 is 0 Å². The molecule has 0 saturated heterocycles. The molecule has 1 atom stereocenters. The fourth-order valence-electron chi connectivity index (χ4n) is 5.09. The van der Waals surface area contributed by atoms with Crippen molar-refractivity contribution in [3.8, 4) is 0 Å². The van der Waals surface area contributed by atoms with Crippen LogP contribution in [0.4, 0.5) is 10.1 Å². The van der Waals surface area contributed by atoms with Gasteiger partial charge in [0.1, 0.15) is 17.3 Å². The zero-order chi connectivity index (χ0) is 25.1. The molecule has 36 heavy (non-hydrogen) atoms. The van der Waals surface area contributed by atoms with Crippen LogP contribution >= 0.6 is 0 Å². The van der Waals surface area contributed by atoms with E-state index in [1.807, 2.05) is 24.3 Å². The Morgan fingerprint density at radius 2 is 1.81 bits per heavy atom. The maximum absolute atomic E-state index is 15.2. The monoisotopic (exact) mass is 487 g/mol. The van der Waals surface area contributed by atoms with Crippen molar-refractivity contribution in [1.82, 2.24) is 10.3 Å². The van der Waals surface area contributed by atoms with Crippen molar-refractivity contribution < 1.29 is 18.4 Å². The van der Waals surface area contributed by atoms with Crippen LogP contribution < -0.4 is 10.2 Å². The molecule has 2 aromatic heterocycles. The maximum Gasteiger partial charge on any atom is 0.251 e. The maximum atomic E-state index is 15.2. The number of halogens is 1. The first kappa shape index (κ1) is 23.9. The largest absolute Gasteiger partial charge is 0.464 e. The van der Waals surface area contributed by atoms with Gasteiger partial charge in [-0.25, -0.2) is 4.39 Å².